The van der Waals surface area contributed by atoms with Crippen molar-refractivity contribution in [3.8, 4) is 5.75 Å². The van der Waals surface area contributed by atoms with Crippen molar-refractivity contribution in [1.29, 1.82) is 0 Å². The van der Waals surface area contributed by atoms with Crippen LogP contribution in [-0.2, 0) is 6.54 Å². The van der Waals surface area contributed by atoms with Crippen molar-refractivity contribution in [2.24, 2.45) is 5.73 Å². The average molecular weight is 230 g/mol. The molecule has 3 heteroatoms. The van der Waals surface area contributed by atoms with E-state index in [2.05, 4.69) is 29.2 Å². The van der Waals surface area contributed by atoms with Gasteiger partial charge in [-0.25, -0.2) is 0 Å². The summed E-state index contributed by atoms with van der Waals surface area (Å²) in [5.41, 5.74) is 7.93. The van der Waals surface area contributed by atoms with Crippen molar-refractivity contribution in [2.75, 3.05) is 26.1 Å². The molecule has 3 nitrogen and oxygen atoms in total. The molecule has 0 unspecified atom stereocenters. The van der Waals surface area contributed by atoms with Gasteiger partial charge in [0.25, 0.3) is 0 Å². The number of hydrogen-bond donors (Lipinski definition) is 1. The van der Waals surface area contributed by atoms with E-state index in [1.165, 1.54) is 0 Å². The first kappa shape index (κ1) is 11.7. The van der Waals surface area contributed by atoms with Crippen LogP contribution in [0, 0.1) is 0 Å². The number of anilines is 1. The highest BCUT2D eigenvalue weighted by atomic mass is 16.5. The Bertz CT molecular complexity index is 535. The van der Waals surface area contributed by atoms with Gasteiger partial charge in [-0.05, 0) is 35.2 Å². The molecule has 0 spiro atoms. The lowest BCUT2D eigenvalue weighted by molar-refractivity contribution is 0.419. The van der Waals surface area contributed by atoms with Gasteiger partial charge in [0.1, 0.15) is 5.75 Å². The summed E-state index contributed by atoms with van der Waals surface area (Å²) < 4.78 is 5.43. The molecule has 0 radical (unpaired) electrons. The number of benzene rings is 2. The van der Waals surface area contributed by atoms with Gasteiger partial charge in [0.15, 0.2) is 0 Å². The molecule has 0 aliphatic carbocycles. The first-order chi connectivity index (χ1) is 8.15. The quantitative estimate of drug-likeness (QED) is 0.879. The SMILES string of the molecule is COc1cc(CN)cc2ccc(N(C)C)cc12. The zero-order chi connectivity index (χ0) is 12.4. The topological polar surface area (TPSA) is 38.5 Å². The normalized spacial score (nSPS) is 10.6. The maximum atomic E-state index is 5.68. The molecule has 2 aromatic rings. The van der Waals surface area contributed by atoms with Crippen LogP contribution in [0.4, 0.5) is 5.69 Å². The van der Waals surface area contributed by atoms with E-state index in [4.69, 9.17) is 10.5 Å². The van der Waals surface area contributed by atoms with E-state index in [1.54, 1.807) is 7.11 Å². The van der Waals surface area contributed by atoms with Gasteiger partial charge in [-0.3, -0.25) is 0 Å². The van der Waals surface area contributed by atoms with Crippen LogP contribution >= 0.6 is 0 Å². The van der Waals surface area contributed by atoms with Gasteiger partial charge in [-0.1, -0.05) is 6.07 Å². The lowest BCUT2D eigenvalue weighted by atomic mass is 10.0. The van der Waals surface area contributed by atoms with E-state index in [1.807, 2.05) is 20.2 Å². The Kier molecular flexibility index (Phi) is 3.20. The first-order valence-electron chi connectivity index (χ1n) is 5.63. The van der Waals surface area contributed by atoms with E-state index in [0.29, 0.717) is 6.54 Å². The van der Waals surface area contributed by atoms with Crippen LogP contribution in [0.3, 0.4) is 0 Å². The van der Waals surface area contributed by atoms with Gasteiger partial charge >= 0.3 is 0 Å². The summed E-state index contributed by atoms with van der Waals surface area (Å²) in [4.78, 5) is 2.08. The molecule has 0 atom stereocenters. The van der Waals surface area contributed by atoms with E-state index in [9.17, 15) is 0 Å². The molecule has 0 saturated heterocycles. The zero-order valence-corrected chi connectivity index (χ0v) is 10.5. The van der Waals surface area contributed by atoms with Gasteiger partial charge in [-0.15, -0.1) is 0 Å². The van der Waals surface area contributed by atoms with Crippen LogP contribution in [0.15, 0.2) is 30.3 Å². The van der Waals surface area contributed by atoms with E-state index in [0.717, 1.165) is 27.8 Å². The summed E-state index contributed by atoms with van der Waals surface area (Å²) in [5.74, 6) is 0.881. The summed E-state index contributed by atoms with van der Waals surface area (Å²) in [6.45, 7) is 0.529. The van der Waals surface area contributed by atoms with E-state index in [-0.39, 0.29) is 0 Å². The Hall–Kier alpha value is -1.74. The fourth-order valence-corrected chi connectivity index (χ4v) is 1.94. The molecule has 0 heterocycles. The Morgan fingerprint density at radius 2 is 1.94 bits per heavy atom. The van der Waals surface area contributed by atoms with Crippen molar-refractivity contribution in [2.45, 2.75) is 6.54 Å². The highest BCUT2D eigenvalue weighted by Gasteiger charge is 2.06. The molecule has 0 aliphatic rings. The molecule has 0 fully saturated rings. The monoisotopic (exact) mass is 230 g/mol. The smallest absolute Gasteiger partial charge is 0.127 e. The highest BCUT2D eigenvalue weighted by Crippen LogP contribution is 2.30. The number of nitrogens with zero attached hydrogens (tertiary/aromatic N) is 1. The van der Waals surface area contributed by atoms with Crippen LogP contribution < -0.4 is 15.4 Å². The average Bonchev–Trinajstić information content (AvgIpc) is 2.36. The van der Waals surface area contributed by atoms with Crippen LogP contribution in [0.5, 0.6) is 5.75 Å². The van der Waals surface area contributed by atoms with Crippen LogP contribution in [0.2, 0.25) is 0 Å². The standard InChI is InChI=1S/C14H18N2O/c1-16(2)12-5-4-11-6-10(9-15)7-14(17-3)13(11)8-12/h4-8H,9,15H2,1-3H3. The number of ether oxygens (including phenoxy) is 1. The van der Waals surface area contributed by atoms with Gasteiger partial charge in [0, 0.05) is 31.7 Å². The number of rotatable bonds is 3. The molecule has 0 bridgehead atoms. The second-order valence-electron chi connectivity index (χ2n) is 4.30. The number of nitrogens with two attached hydrogens (primary N) is 1. The van der Waals surface area contributed by atoms with Crippen molar-refractivity contribution >= 4 is 16.5 Å². The molecule has 2 N–H and O–H groups in total. The molecule has 0 saturated carbocycles. The fourth-order valence-electron chi connectivity index (χ4n) is 1.94. The molecule has 90 valence electrons. The zero-order valence-electron chi connectivity index (χ0n) is 10.5. The molecule has 0 amide bonds. The van der Waals surface area contributed by atoms with Gasteiger partial charge in [0.2, 0.25) is 0 Å². The molecule has 0 aliphatic heterocycles. The number of methoxy groups -OCH3 is 1. The highest BCUT2D eigenvalue weighted by molar-refractivity contribution is 5.91. The largest absolute Gasteiger partial charge is 0.496 e. The van der Waals surface area contributed by atoms with Crippen molar-refractivity contribution in [3.05, 3.63) is 35.9 Å². The van der Waals surface area contributed by atoms with Gasteiger partial charge in [-0.2, -0.15) is 0 Å². The first-order valence-corrected chi connectivity index (χ1v) is 5.63. The Morgan fingerprint density at radius 3 is 2.53 bits per heavy atom. The minimum atomic E-state index is 0.529. The molecular formula is C14H18N2O. The number of hydrogen-bond acceptors (Lipinski definition) is 3. The van der Waals surface area contributed by atoms with Crippen molar-refractivity contribution < 1.29 is 4.74 Å². The lowest BCUT2D eigenvalue weighted by Gasteiger charge is -2.15. The molecule has 0 aromatic heterocycles. The summed E-state index contributed by atoms with van der Waals surface area (Å²) in [6.07, 6.45) is 0. The second-order valence-corrected chi connectivity index (χ2v) is 4.30. The molecular weight excluding hydrogens is 212 g/mol. The minimum absolute atomic E-state index is 0.529. The van der Waals surface area contributed by atoms with Crippen molar-refractivity contribution in [3.63, 3.8) is 0 Å². The van der Waals surface area contributed by atoms with Gasteiger partial charge < -0.3 is 15.4 Å². The van der Waals surface area contributed by atoms with E-state index >= 15 is 0 Å². The summed E-state index contributed by atoms with van der Waals surface area (Å²) >= 11 is 0. The van der Waals surface area contributed by atoms with Crippen LogP contribution in [0.1, 0.15) is 5.56 Å². The predicted molar refractivity (Wildman–Crippen MR) is 72.7 cm³/mol. The fraction of sp³-hybridized carbons (Fsp3) is 0.286. The number of fused-ring (bicyclic) bond motifs is 1. The third-order valence-corrected chi connectivity index (χ3v) is 2.93. The summed E-state index contributed by atoms with van der Waals surface area (Å²) in [7, 11) is 5.75. The van der Waals surface area contributed by atoms with E-state index < -0.39 is 0 Å². The minimum Gasteiger partial charge on any atom is -0.496 e. The second kappa shape index (κ2) is 4.63. The van der Waals surface area contributed by atoms with Crippen molar-refractivity contribution in [1.82, 2.24) is 0 Å². The molecule has 2 aromatic carbocycles. The third-order valence-electron chi connectivity index (χ3n) is 2.93. The van der Waals surface area contributed by atoms with Crippen LogP contribution in [0.25, 0.3) is 10.8 Å². The Morgan fingerprint density at radius 1 is 1.18 bits per heavy atom. The third kappa shape index (κ3) is 2.19. The Balaban J connectivity index is 2.67. The predicted octanol–water partition coefficient (Wildman–Crippen LogP) is 2.37. The maximum absolute atomic E-state index is 5.68. The lowest BCUT2D eigenvalue weighted by Crippen LogP contribution is -2.08. The Labute approximate surface area is 102 Å². The maximum Gasteiger partial charge on any atom is 0.127 e. The molecule has 2 rings (SSSR count). The summed E-state index contributed by atoms with van der Waals surface area (Å²) in [6, 6.07) is 10.4. The molecule has 17 heavy (non-hydrogen) atoms. The van der Waals surface area contributed by atoms with Gasteiger partial charge in [0.05, 0.1) is 7.11 Å². The summed E-state index contributed by atoms with van der Waals surface area (Å²) in [5, 5.41) is 2.28. The van der Waals surface area contributed by atoms with Crippen LogP contribution in [-0.4, -0.2) is 21.2 Å².